The van der Waals surface area contributed by atoms with Crippen molar-refractivity contribution in [2.24, 2.45) is 10.9 Å². The molecule has 0 radical (unpaired) electrons. The molecule has 1 heterocycles. The maximum absolute atomic E-state index is 12.9. The SMILES string of the molecule is CSc1c(/C(N)=N/OC(C)=O)nn(-c2c(Cl)cc(C(F)(F)F)cc2Cl)c1N. The molecule has 7 nitrogen and oxygen atoms in total. The number of benzene rings is 1. The monoisotopic (exact) mass is 441 g/mol. The molecule has 0 aliphatic heterocycles. The van der Waals surface area contributed by atoms with Gasteiger partial charge in [0, 0.05) is 6.92 Å². The van der Waals surface area contributed by atoms with Crippen molar-refractivity contribution in [3.8, 4) is 5.69 Å². The molecule has 0 spiro atoms. The van der Waals surface area contributed by atoms with Crippen LogP contribution in [0.25, 0.3) is 5.69 Å². The van der Waals surface area contributed by atoms with Gasteiger partial charge in [0.15, 0.2) is 5.84 Å². The Balaban J connectivity index is 2.64. The summed E-state index contributed by atoms with van der Waals surface area (Å²) in [6.07, 6.45) is -2.96. The second kappa shape index (κ2) is 7.87. The molecule has 0 atom stereocenters. The Hall–Kier alpha value is -2.11. The zero-order chi connectivity index (χ0) is 20.5. The third-order valence-corrected chi connectivity index (χ3v) is 4.54. The molecule has 2 aromatic rings. The lowest BCUT2D eigenvalue weighted by Crippen LogP contribution is -2.17. The van der Waals surface area contributed by atoms with Crippen molar-refractivity contribution < 1.29 is 22.8 Å². The van der Waals surface area contributed by atoms with E-state index in [0.717, 1.165) is 23.4 Å². The predicted molar refractivity (Wildman–Crippen MR) is 97.3 cm³/mol. The fourth-order valence-corrected chi connectivity index (χ4v) is 3.33. The molecule has 146 valence electrons. The van der Waals surface area contributed by atoms with E-state index in [-0.39, 0.29) is 33.1 Å². The summed E-state index contributed by atoms with van der Waals surface area (Å²) in [7, 11) is 0. The van der Waals surface area contributed by atoms with Crippen LogP contribution in [0.15, 0.2) is 22.2 Å². The highest BCUT2D eigenvalue weighted by atomic mass is 35.5. The van der Waals surface area contributed by atoms with Gasteiger partial charge in [0.05, 0.1) is 20.5 Å². The minimum absolute atomic E-state index is 0.0158. The first-order valence-corrected chi connectivity index (χ1v) is 8.96. The zero-order valence-electron chi connectivity index (χ0n) is 13.8. The van der Waals surface area contributed by atoms with Crippen molar-refractivity contribution in [2.75, 3.05) is 12.0 Å². The largest absolute Gasteiger partial charge is 0.416 e. The Kier molecular flexibility index (Phi) is 6.17. The Bertz CT molecular complexity index is 907. The molecule has 0 aliphatic carbocycles. The number of alkyl halides is 3. The van der Waals surface area contributed by atoms with Gasteiger partial charge >= 0.3 is 12.1 Å². The number of anilines is 1. The molecule has 0 fully saturated rings. The number of carbonyl (C=O) groups is 1. The van der Waals surface area contributed by atoms with E-state index < -0.39 is 17.7 Å². The minimum Gasteiger partial charge on any atom is -0.383 e. The minimum atomic E-state index is -4.63. The number of hydrogen-bond donors (Lipinski definition) is 2. The Morgan fingerprint density at radius 2 is 1.89 bits per heavy atom. The normalized spacial score (nSPS) is 12.3. The first-order valence-electron chi connectivity index (χ1n) is 6.97. The van der Waals surface area contributed by atoms with Crippen molar-refractivity contribution in [2.45, 2.75) is 18.0 Å². The van der Waals surface area contributed by atoms with E-state index >= 15 is 0 Å². The molecule has 0 saturated heterocycles. The molecule has 1 aromatic heterocycles. The van der Waals surface area contributed by atoms with Crippen LogP contribution in [0.5, 0.6) is 0 Å². The number of rotatable bonds is 4. The average molecular weight is 442 g/mol. The van der Waals surface area contributed by atoms with Crippen LogP contribution in [0.4, 0.5) is 19.0 Å². The molecular weight excluding hydrogens is 430 g/mol. The highest BCUT2D eigenvalue weighted by molar-refractivity contribution is 7.98. The lowest BCUT2D eigenvalue weighted by Gasteiger charge is -2.13. The van der Waals surface area contributed by atoms with Gasteiger partial charge in [-0.3, -0.25) is 0 Å². The number of nitrogens with zero attached hydrogens (tertiary/aromatic N) is 3. The Morgan fingerprint density at radius 1 is 1.33 bits per heavy atom. The van der Waals surface area contributed by atoms with Gasteiger partial charge < -0.3 is 16.3 Å². The van der Waals surface area contributed by atoms with E-state index in [0.29, 0.717) is 17.0 Å². The fraction of sp³-hybridized carbons (Fsp3) is 0.214. The first kappa shape index (κ1) is 21.2. The van der Waals surface area contributed by atoms with Crippen LogP contribution >= 0.6 is 35.0 Å². The summed E-state index contributed by atoms with van der Waals surface area (Å²) in [6.45, 7) is 1.13. The molecule has 2 rings (SSSR count). The Morgan fingerprint density at radius 3 is 2.33 bits per heavy atom. The van der Waals surface area contributed by atoms with Gasteiger partial charge in [-0.25, -0.2) is 9.48 Å². The highest BCUT2D eigenvalue weighted by Gasteiger charge is 2.33. The van der Waals surface area contributed by atoms with Crippen molar-refractivity contribution in [3.05, 3.63) is 33.4 Å². The standard InChI is InChI=1S/C14H12Cl2F3N5O2S/c1-5(25)26-23-12(20)9-11(27-2)13(21)24(22-9)10-7(15)3-6(4-8(10)16)14(17,18)19/h3-4H,21H2,1-2H3,(H2,20,23). The number of amidine groups is 1. The number of carbonyl (C=O) groups excluding carboxylic acids is 1. The van der Waals surface area contributed by atoms with Gasteiger partial charge in [0.2, 0.25) is 0 Å². The number of aromatic nitrogens is 2. The molecule has 13 heteroatoms. The van der Waals surface area contributed by atoms with E-state index in [2.05, 4.69) is 15.1 Å². The average Bonchev–Trinajstić information content (AvgIpc) is 2.87. The smallest absolute Gasteiger partial charge is 0.383 e. The van der Waals surface area contributed by atoms with Gasteiger partial charge in [-0.05, 0) is 18.4 Å². The second-order valence-electron chi connectivity index (χ2n) is 5.02. The van der Waals surface area contributed by atoms with Crippen LogP contribution in [0, 0.1) is 0 Å². The summed E-state index contributed by atoms with van der Waals surface area (Å²) < 4.78 is 39.7. The first-order chi connectivity index (χ1) is 12.5. The summed E-state index contributed by atoms with van der Waals surface area (Å²) in [5.74, 6) is -0.953. The van der Waals surface area contributed by atoms with E-state index in [9.17, 15) is 18.0 Å². The number of oxime groups is 1. The number of nitrogen functional groups attached to an aromatic ring is 1. The fourth-order valence-electron chi connectivity index (χ4n) is 2.04. The molecule has 1 aromatic carbocycles. The lowest BCUT2D eigenvalue weighted by molar-refractivity contribution is -0.141. The van der Waals surface area contributed by atoms with Gasteiger partial charge in [-0.2, -0.15) is 18.3 Å². The molecule has 0 amide bonds. The summed E-state index contributed by atoms with van der Waals surface area (Å²) in [6, 6.07) is 1.41. The summed E-state index contributed by atoms with van der Waals surface area (Å²) in [4.78, 5) is 15.7. The third kappa shape index (κ3) is 4.42. The zero-order valence-corrected chi connectivity index (χ0v) is 16.1. The van der Waals surface area contributed by atoms with Crippen LogP contribution < -0.4 is 11.5 Å². The molecule has 27 heavy (non-hydrogen) atoms. The molecule has 0 saturated carbocycles. The second-order valence-corrected chi connectivity index (χ2v) is 6.66. The van der Waals surface area contributed by atoms with Crippen LogP contribution in [-0.4, -0.2) is 27.8 Å². The summed E-state index contributed by atoms with van der Waals surface area (Å²) in [5.41, 5.74) is 10.7. The Labute approximate surface area is 165 Å². The maximum Gasteiger partial charge on any atom is 0.416 e. The quantitative estimate of drug-likeness (QED) is 0.246. The number of hydrogen-bond acceptors (Lipinski definition) is 6. The summed E-state index contributed by atoms with van der Waals surface area (Å²) in [5, 5.41) is 6.90. The van der Waals surface area contributed by atoms with Crippen molar-refractivity contribution >= 4 is 52.6 Å². The molecule has 0 unspecified atom stereocenters. The van der Waals surface area contributed by atoms with Gasteiger partial charge in [0.25, 0.3) is 0 Å². The van der Waals surface area contributed by atoms with Crippen molar-refractivity contribution in [1.29, 1.82) is 0 Å². The van der Waals surface area contributed by atoms with Crippen molar-refractivity contribution in [1.82, 2.24) is 9.78 Å². The topological polar surface area (TPSA) is 109 Å². The van der Waals surface area contributed by atoms with E-state index in [1.807, 2.05) is 0 Å². The van der Waals surface area contributed by atoms with Crippen LogP contribution in [-0.2, 0) is 15.8 Å². The predicted octanol–water partition coefficient (Wildman–Crippen LogP) is 3.69. The van der Waals surface area contributed by atoms with Crippen LogP contribution in [0.2, 0.25) is 10.0 Å². The van der Waals surface area contributed by atoms with E-state index in [1.165, 1.54) is 0 Å². The number of nitrogens with two attached hydrogens (primary N) is 2. The van der Waals surface area contributed by atoms with Crippen LogP contribution in [0.1, 0.15) is 18.2 Å². The van der Waals surface area contributed by atoms with Gasteiger partial charge in [0.1, 0.15) is 17.2 Å². The number of halogens is 5. The van der Waals surface area contributed by atoms with Crippen molar-refractivity contribution in [3.63, 3.8) is 0 Å². The molecular formula is C14H12Cl2F3N5O2S. The van der Waals surface area contributed by atoms with Gasteiger partial charge in [-0.15, -0.1) is 11.8 Å². The summed E-state index contributed by atoms with van der Waals surface area (Å²) >= 11 is 13.1. The lowest BCUT2D eigenvalue weighted by atomic mass is 10.2. The van der Waals surface area contributed by atoms with Crippen LogP contribution in [0.3, 0.4) is 0 Å². The number of thioether (sulfide) groups is 1. The third-order valence-electron chi connectivity index (χ3n) is 3.15. The molecule has 4 N–H and O–H groups in total. The van der Waals surface area contributed by atoms with E-state index in [4.69, 9.17) is 34.7 Å². The molecule has 0 aliphatic rings. The molecule has 0 bridgehead atoms. The highest BCUT2D eigenvalue weighted by Crippen LogP contribution is 2.39. The van der Waals surface area contributed by atoms with Gasteiger partial charge in [-0.1, -0.05) is 28.4 Å². The van der Waals surface area contributed by atoms with E-state index in [1.54, 1.807) is 6.26 Å². The maximum atomic E-state index is 12.9.